The fraction of sp³-hybridized carbons (Fsp3) is 0.600. The van der Waals surface area contributed by atoms with Gasteiger partial charge >= 0.3 is 0 Å². The quantitative estimate of drug-likeness (QED) is 0.273. The smallest absolute Gasteiger partial charge is 0.191 e. The van der Waals surface area contributed by atoms with Crippen LogP contribution in [0.1, 0.15) is 38.9 Å². The maximum atomic E-state index is 5.82. The molecule has 1 aromatic carbocycles. The number of guanidine groups is 1. The van der Waals surface area contributed by atoms with E-state index in [2.05, 4.69) is 59.2 Å². The van der Waals surface area contributed by atoms with Crippen molar-refractivity contribution in [1.82, 2.24) is 20.2 Å². The lowest BCUT2D eigenvalue weighted by atomic mass is 10.0. The minimum Gasteiger partial charge on any atom is -0.373 e. The maximum absolute atomic E-state index is 5.82. The van der Waals surface area contributed by atoms with Crippen LogP contribution in [0.5, 0.6) is 0 Å². The normalized spacial score (nSPS) is 19.9. The van der Waals surface area contributed by atoms with Gasteiger partial charge in [-0.05, 0) is 52.2 Å². The van der Waals surface area contributed by atoms with Crippen LogP contribution in [0.2, 0.25) is 0 Å². The fourth-order valence-electron chi connectivity index (χ4n) is 3.47. The third-order valence-electron chi connectivity index (χ3n) is 4.91. The molecule has 0 aliphatic carbocycles. The Hall–Kier alpha value is -1.35. The highest BCUT2D eigenvalue weighted by Gasteiger charge is 2.29. The first-order chi connectivity index (χ1) is 12.6. The largest absolute Gasteiger partial charge is 0.373 e. The fourth-order valence-corrected chi connectivity index (χ4v) is 3.47. The molecule has 1 fully saturated rings. The summed E-state index contributed by atoms with van der Waals surface area (Å²) in [5.74, 6) is 1.94. The number of ether oxygens (including phenoxy) is 1. The maximum Gasteiger partial charge on any atom is 0.191 e. The molecule has 0 bridgehead atoms. The average Bonchev–Trinajstić information content (AvgIpc) is 3.20. The predicted molar refractivity (Wildman–Crippen MR) is 122 cm³/mol. The lowest BCUT2D eigenvalue weighted by Gasteiger charge is -2.21. The molecule has 1 unspecified atom stereocenters. The van der Waals surface area contributed by atoms with Crippen LogP contribution in [0.3, 0.4) is 0 Å². The van der Waals surface area contributed by atoms with Gasteiger partial charge in [0.1, 0.15) is 5.82 Å². The van der Waals surface area contributed by atoms with E-state index in [0.717, 1.165) is 62.8 Å². The Balaban J connectivity index is 0.00000261. The van der Waals surface area contributed by atoms with E-state index in [1.165, 1.54) is 5.52 Å². The van der Waals surface area contributed by atoms with E-state index >= 15 is 0 Å². The second kappa shape index (κ2) is 10.3. The van der Waals surface area contributed by atoms with Crippen molar-refractivity contribution in [3.8, 4) is 0 Å². The Labute approximate surface area is 179 Å². The zero-order valence-electron chi connectivity index (χ0n) is 16.6. The highest BCUT2D eigenvalue weighted by atomic mass is 127. The SMILES string of the molecule is CCNC(=NCC1(C)CCCO1)NCCCn1c(C)nc2ccccc21.I. The second-order valence-corrected chi connectivity index (χ2v) is 7.18. The van der Waals surface area contributed by atoms with Gasteiger partial charge in [-0.3, -0.25) is 4.99 Å². The molecule has 3 rings (SSSR count). The molecule has 0 radical (unpaired) electrons. The zero-order valence-corrected chi connectivity index (χ0v) is 19.0. The van der Waals surface area contributed by atoms with Crippen LogP contribution in [-0.2, 0) is 11.3 Å². The molecule has 7 heteroatoms. The van der Waals surface area contributed by atoms with E-state index in [0.29, 0.717) is 6.54 Å². The van der Waals surface area contributed by atoms with E-state index < -0.39 is 0 Å². The van der Waals surface area contributed by atoms with E-state index in [1.54, 1.807) is 0 Å². The Morgan fingerprint density at radius 1 is 1.33 bits per heavy atom. The van der Waals surface area contributed by atoms with Gasteiger partial charge in [-0.15, -0.1) is 24.0 Å². The van der Waals surface area contributed by atoms with Gasteiger partial charge in [0, 0.05) is 26.2 Å². The summed E-state index contributed by atoms with van der Waals surface area (Å²) < 4.78 is 8.11. The van der Waals surface area contributed by atoms with E-state index in [-0.39, 0.29) is 29.6 Å². The predicted octanol–water partition coefficient (Wildman–Crippen LogP) is 3.48. The molecule has 6 nitrogen and oxygen atoms in total. The van der Waals surface area contributed by atoms with Crippen molar-refractivity contribution in [2.75, 3.05) is 26.2 Å². The standard InChI is InChI=1S/C20H31N5O.HI/c1-4-21-19(23-15-20(3)11-7-14-26-20)22-12-8-13-25-16(2)24-17-9-5-6-10-18(17)25;/h5-6,9-10H,4,7-8,11-15H2,1-3H3,(H2,21,22,23);1H. The van der Waals surface area contributed by atoms with Crippen molar-refractivity contribution in [3.05, 3.63) is 30.1 Å². The summed E-state index contributed by atoms with van der Waals surface area (Å²) in [6.07, 6.45) is 3.23. The van der Waals surface area contributed by atoms with Crippen molar-refractivity contribution >= 4 is 41.0 Å². The molecule has 1 atom stereocenters. The van der Waals surface area contributed by atoms with Gasteiger partial charge < -0.3 is 19.9 Å². The van der Waals surface area contributed by atoms with Gasteiger partial charge in [0.2, 0.25) is 0 Å². The molecule has 0 amide bonds. The van der Waals surface area contributed by atoms with Crippen LogP contribution >= 0.6 is 24.0 Å². The first kappa shape index (κ1) is 21.9. The van der Waals surface area contributed by atoms with Crippen LogP contribution in [0.4, 0.5) is 0 Å². The Kier molecular flexibility index (Phi) is 8.34. The van der Waals surface area contributed by atoms with Gasteiger partial charge in [-0.2, -0.15) is 0 Å². The molecule has 1 aromatic heterocycles. The number of hydrogen-bond acceptors (Lipinski definition) is 3. The highest BCUT2D eigenvalue weighted by Crippen LogP contribution is 2.25. The van der Waals surface area contributed by atoms with Gasteiger partial charge in [-0.1, -0.05) is 12.1 Å². The van der Waals surface area contributed by atoms with Gasteiger partial charge in [0.05, 0.1) is 23.2 Å². The third-order valence-corrected chi connectivity index (χ3v) is 4.91. The van der Waals surface area contributed by atoms with Crippen LogP contribution in [-0.4, -0.2) is 47.4 Å². The molecule has 150 valence electrons. The molecule has 1 aliphatic heterocycles. The number of aryl methyl sites for hydroxylation is 2. The summed E-state index contributed by atoms with van der Waals surface area (Å²) in [6, 6.07) is 8.31. The van der Waals surface area contributed by atoms with Crippen LogP contribution < -0.4 is 10.6 Å². The summed E-state index contributed by atoms with van der Waals surface area (Å²) in [4.78, 5) is 9.35. The van der Waals surface area contributed by atoms with Gasteiger partial charge in [-0.25, -0.2) is 4.98 Å². The average molecular weight is 485 g/mol. The van der Waals surface area contributed by atoms with Crippen molar-refractivity contribution < 1.29 is 4.74 Å². The highest BCUT2D eigenvalue weighted by molar-refractivity contribution is 14.0. The second-order valence-electron chi connectivity index (χ2n) is 7.18. The monoisotopic (exact) mass is 485 g/mol. The van der Waals surface area contributed by atoms with Crippen molar-refractivity contribution in [2.45, 2.75) is 52.2 Å². The number of nitrogens with one attached hydrogen (secondary N) is 2. The Bertz CT molecular complexity index is 752. The van der Waals surface area contributed by atoms with Gasteiger partial charge in [0.25, 0.3) is 0 Å². The molecule has 1 aliphatic rings. The number of aliphatic imine (C=N–C) groups is 1. The molecular formula is C20H32IN5O. The Morgan fingerprint density at radius 3 is 2.89 bits per heavy atom. The van der Waals surface area contributed by atoms with E-state index in [4.69, 9.17) is 9.73 Å². The lowest BCUT2D eigenvalue weighted by Crippen LogP contribution is -2.39. The molecule has 1 saturated heterocycles. The van der Waals surface area contributed by atoms with Crippen LogP contribution in [0.15, 0.2) is 29.3 Å². The number of para-hydroxylation sites is 2. The van der Waals surface area contributed by atoms with Gasteiger partial charge in [0.15, 0.2) is 5.96 Å². The number of benzene rings is 1. The lowest BCUT2D eigenvalue weighted by molar-refractivity contribution is 0.0283. The van der Waals surface area contributed by atoms with Crippen molar-refractivity contribution in [2.24, 2.45) is 4.99 Å². The molecule has 27 heavy (non-hydrogen) atoms. The summed E-state index contributed by atoms with van der Waals surface area (Å²) in [6.45, 7) is 10.5. The molecule has 2 aromatic rings. The van der Waals surface area contributed by atoms with E-state index in [1.807, 2.05) is 6.07 Å². The topological polar surface area (TPSA) is 63.5 Å². The summed E-state index contributed by atoms with van der Waals surface area (Å²) in [7, 11) is 0. The molecule has 2 N–H and O–H groups in total. The summed E-state index contributed by atoms with van der Waals surface area (Å²) in [5, 5.41) is 6.76. The number of fused-ring (bicyclic) bond motifs is 1. The number of halogens is 1. The summed E-state index contributed by atoms with van der Waals surface area (Å²) in [5.41, 5.74) is 2.17. The van der Waals surface area contributed by atoms with Crippen LogP contribution in [0, 0.1) is 6.92 Å². The summed E-state index contributed by atoms with van der Waals surface area (Å²) >= 11 is 0. The van der Waals surface area contributed by atoms with Crippen molar-refractivity contribution in [3.63, 3.8) is 0 Å². The Morgan fingerprint density at radius 2 is 2.15 bits per heavy atom. The molecule has 0 spiro atoms. The number of nitrogens with zero attached hydrogens (tertiary/aromatic N) is 3. The zero-order chi connectivity index (χ0) is 18.4. The van der Waals surface area contributed by atoms with Crippen LogP contribution in [0.25, 0.3) is 11.0 Å². The third kappa shape index (κ3) is 5.81. The molecular weight excluding hydrogens is 453 g/mol. The first-order valence-electron chi connectivity index (χ1n) is 9.69. The first-order valence-corrected chi connectivity index (χ1v) is 9.69. The van der Waals surface area contributed by atoms with Crippen molar-refractivity contribution in [1.29, 1.82) is 0 Å². The number of imidazole rings is 1. The minimum atomic E-state index is -0.102. The number of rotatable bonds is 7. The number of hydrogen-bond donors (Lipinski definition) is 2. The molecule has 2 heterocycles. The molecule has 0 saturated carbocycles. The number of aromatic nitrogens is 2. The van der Waals surface area contributed by atoms with E-state index in [9.17, 15) is 0 Å². The minimum absolute atomic E-state index is 0.